The van der Waals surface area contributed by atoms with E-state index in [4.69, 9.17) is 11.6 Å². The molecule has 5 heteroatoms. The van der Waals surface area contributed by atoms with Gasteiger partial charge in [0.2, 0.25) is 0 Å². The highest BCUT2D eigenvalue weighted by Gasteiger charge is 2.15. The summed E-state index contributed by atoms with van der Waals surface area (Å²) in [5, 5.41) is 0.715. The van der Waals surface area contributed by atoms with Gasteiger partial charge < -0.3 is 4.57 Å². The SMILES string of the molecule is Clc1ccc(-c2c(-c3ccccc3)ncn2Cc2ccncn2)cc1. The Bertz CT molecular complexity index is 964. The molecule has 0 saturated carbocycles. The average molecular weight is 347 g/mol. The number of aromatic nitrogens is 4. The molecule has 0 N–H and O–H groups in total. The molecule has 4 rings (SSSR count). The van der Waals surface area contributed by atoms with Crippen LogP contribution in [-0.4, -0.2) is 19.5 Å². The largest absolute Gasteiger partial charge is 0.324 e. The summed E-state index contributed by atoms with van der Waals surface area (Å²) in [6.07, 6.45) is 5.17. The maximum atomic E-state index is 6.06. The van der Waals surface area contributed by atoms with Crippen LogP contribution in [0.2, 0.25) is 5.02 Å². The molecule has 2 aromatic heterocycles. The molecular formula is C20H15ClN4. The van der Waals surface area contributed by atoms with Crippen LogP contribution in [0.5, 0.6) is 0 Å². The molecule has 4 nitrogen and oxygen atoms in total. The molecule has 122 valence electrons. The van der Waals surface area contributed by atoms with Crippen LogP contribution in [0.25, 0.3) is 22.5 Å². The summed E-state index contributed by atoms with van der Waals surface area (Å²) in [6.45, 7) is 0.625. The number of rotatable bonds is 4. The number of imidazole rings is 1. The molecule has 0 spiro atoms. The fourth-order valence-corrected chi connectivity index (χ4v) is 2.93. The topological polar surface area (TPSA) is 43.6 Å². The molecule has 4 aromatic rings. The standard InChI is InChI=1S/C20H15ClN4/c21-17-8-6-16(7-9-17)20-19(15-4-2-1-3-5-15)24-14-25(20)12-18-10-11-22-13-23-18/h1-11,13-14H,12H2. The Labute approximate surface area is 150 Å². The van der Waals surface area contributed by atoms with Crippen molar-refractivity contribution in [1.29, 1.82) is 0 Å². The van der Waals surface area contributed by atoms with Crippen LogP contribution in [0.15, 0.2) is 79.5 Å². The summed E-state index contributed by atoms with van der Waals surface area (Å²) < 4.78 is 2.11. The first kappa shape index (κ1) is 15.5. The lowest BCUT2D eigenvalue weighted by molar-refractivity contribution is 0.775. The van der Waals surface area contributed by atoms with E-state index in [1.807, 2.05) is 54.9 Å². The van der Waals surface area contributed by atoms with E-state index in [9.17, 15) is 0 Å². The Morgan fingerprint density at radius 2 is 1.64 bits per heavy atom. The van der Waals surface area contributed by atoms with E-state index in [1.54, 1.807) is 12.5 Å². The maximum Gasteiger partial charge on any atom is 0.115 e. The number of benzene rings is 2. The van der Waals surface area contributed by atoms with Gasteiger partial charge in [-0.25, -0.2) is 15.0 Å². The van der Waals surface area contributed by atoms with Crippen LogP contribution in [0.1, 0.15) is 5.69 Å². The van der Waals surface area contributed by atoms with Crippen LogP contribution in [-0.2, 0) is 6.54 Å². The molecule has 0 aliphatic carbocycles. The van der Waals surface area contributed by atoms with Crippen LogP contribution < -0.4 is 0 Å². The van der Waals surface area contributed by atoms with Gasteiger partial charge in [0.1, 0.15) is 6.33 Å². The third kappa shape index (κ3) is 3.30. The molecule has 0 fully saturated rings. The fourth-order valence-electron chi connectivity index (χ4n) is 2.81. The minimum absolute atomic E-state index is 0.625. The minimum Gasteiger partial charge on any atom is -0.324 e. The normalized spacial score (nSPS) is 10.8. The van der Waals surface area contributed by atoms with E-state index in [1.165, 1.54) is 0 Å². The Morgan fingerprint density at radius 1 is 0.840 bits per heavy atom. The number of nitrogens with zero attached hydrogens (tertiary/aromatic N) is 4. The zero-order valence-corrected chi connectivity index (χ0v) is 14.1. The summed E-state index contributed by atoms with van der Waals surface area (Å²) in [7, 11) is 0. The molecule has 0 aliphatic rings. The zero-order valence-electron chi connectivity index (χ0n) is 13.4. The number of hydrogen-bond donors (Lipinski definition) is 0. The van der Waals surface area contributed by atoms with Crippen molar-refractivity contribution in [2.75, 3.05) is 0 Å². The molecule has 0 saturated heterocycles. The van der Waals surface area contributed by atoms with Crippen LogP contribution in [0, 0.1) is 0 Å². The second kappa shape index (κ2) is 6.87. The lowest BCUT2D eigenvalue weighted by atomic mass is 10.0. The molecule has 0 aliphatic heterocycles. The highest BCUT2D eigenvalue weighted by molar-refractivity contribution is 6.30. The fraction of sp³-hybridized carbons (Fsp3) is 0.0500. The van der Waals surface area contributed by atoms with Crippen molar-refractivity contribution in [1.82, 2.24) is 19.5 Å². The molecule has 0 atom stereocenters. The van der Waals surface area contributed by atoms with Crippen molar-refractivity contribution in [2.45, 2.75) is 6.54 Å². The highest BCUT2D eigenvalue weighted by Crippen LogP contribution is 2.32. The van der Waals surface area contributed by atoms with Crippen LogP contribution in [0.3, 0.4) is 0 Å². The van der Waals surface area contributed by atoms with Crippen molar-refractivity contribution >= 4 is 11.6 Å². The van der Waals surface area contributed by atoms with Crippen LogP contribution >= 0.6 is 11.6 Å². The van der Waals surface area contributed by atoms with Gasteiger partial charge in [-0.3, -0.25) is 0 Å². The summed E-state index contributed by atoms with van der Waals surface area (Å²) in [4.78, 5) is 13.0. The first-order valence-electron chi connectivity index (χ1n) is 7.92. The quantitative estimate of drug-likeness (QED) is 0.537. The number of hydrogen-bond acceptors (Lipinski definition) is 3. The molecule has 2 aromatic carbocycles. The Balaban J connectivity index is 1.84. The maximum absolute atomic E-state index is 6.06. The first-order valence-corrected chi connectivity index (χ1v) is 8.30. The van der Waals surface area contributed by atoms with Gasteiger partial charge in [0.05, 0.1) is 30.0 Å². The van der Waals surface area contributed by atoms with Gasteiger partial charge in [-0.1, -0.05) is 54.1 Å². The van der Waals surface area contributed by atoms with Gasteiger partial charge >= 0.3 is 0 Å². The average Bonchev–Trinajstić information content (AvgIpc) is 3.07. The monoisotopic (exact) mass is 346 g/mol. The summed E-state index contributed by atoms with van der Waals surface area (Å²) in [6, 6.07) is 19.9. The Hall–Kier alpha value is -2.98. The van der Waals surface area contributed by atoms with E-state index >= 15 is 0 Å². The van der Waals surface area contributed by atoms with Crippen molar-refractivity contribution in [3.05, 3.63) is 90.2 Å². The molecule has 25 heavy (non-hydrogen) atoms. The minimum atomic E-state index is 0.625. The highest BCUT2D eigenvalue weighted by atomic mass is 35.5. The van der Waals surface area contributed by atoms with Gasteiger partial charge in [0.15, 0.2) is 0 Å². The van der Waals surface area contributed by atoms with E-state index in [0.717, 1.165) is 28.2 Å². The molecule has 0 radical (unpaired) electrons. The Kier molecular flexibility index (Phi) is 4.27. The van der Waals surface area contributed by atoms with E-state index in [2.05, 4.69) is 31.7 Å². The van der Waals surface area contributed by atoms with Gasteiger partial charge in [0, 0.05) is 22.3 Å². The van der Waals surface area contributed by atoms with Crippen molar-refractivity contribution in [3.8, 4) is 22.5 Å². The molecule has 0 unspecified atom stereocenters. The molecule has 0 amide bonds. The Morgan fingerprint density at radius 3 is 2.36 bits per heavy atom. The van der Waals surface area contributed by atoms with Gasteiger partial charge in [-0.15, -0.1) is 0 Å². The predicted molar refractivity (Wildman–Crippen MR) is 99.2 cm³/mol. The van der Waals surface area contributed by atoms with E-state index in [0.29, 0.717) is 11.6 Å². The number of halogens is 1. The summed E-state index contributed by atoms with van der Waals surface area (Å²) >= 11 is 6.06. The molecular weight excluding hydrogens is 332 g/mol. The van der Waals surface area contributed by atoms with E-state index < -0.39 is 0 Å². The first-order chi connectivity index (χ1) is 12.3. The van der Waals surface area contributed by atoms with Gasteiger partial charge in [-0.05, 0) is 18.2 Å². The lowest BCUT2D eigenvalue weighted by Gasteiger charge is -2.10. The third-order valence-electron chi connectivity index (χ3n) is 3.98. The van der Waals surface area contributed by atoms with Crippen molar-refractivity contribution in [3.63, 3.8) is 0 Å². The van der Waals surface area contributed by atoms with Crippen molar-refractivity contribution < 1.29 is 0 Å². The second-order valence-corrected chi connectivity index (χ2v) is 6.08. The second-order valence-electron chi connectivity index (χ2n) is 5.64. The lowest BCUT2D eigenvalue weighted by Crippen LogP contribution is -2.03. The molecule has 0 bridgehead atoms. The van der Waals surface area contributed by atoms with Gasteiger partial charge in [0.25, 0.3) is 0 Å². The summed E-state index contributed by atoms with van der Waals surface area (Å²) in [5.41, 5.74) is 5.06. The smallest absolute Gasteiger partial charge is 0.115 e. The third-order valence-corrected chi connectivity index (χ3v) is 4.23. The predicted octanol–water partition coefficient (Wildman–Crippen LogP) is 4.71. The van der Waals surface area contributed by atoms with Gasteiger partial charge in [-0.2, -0.15) is 0 Å². The summed E-state index contributed by atoms with van der Waals surface area (Å²) in [5.74, 6) is 0. The van der Waals surface area contributed by atoms with E-state index in [-0.39, 0.29) is 0 Å². The van der Waals surface area contributed by atoms with Crippen LogP contribution in [0.4, 0.5) is 0 Å². The molecule has 2 heterocycles. The zero-order chi connectivity index (χ0) is 17.1. The van der Waals surface area contributed by atoms with Crippen molar-refractivity contribution in [2.24, 2.45) is 0 Å².